The molecular weight excluding hydrogens is 468 g/mol. The van der Waals surface area contributed by atoms with Gasteiger partial charge in [0.2, 0.25) is 5.91 Å². The van der Waals surface area contributed by atoms with Crippen LogP contribution in [0.5, 0.6) is 0 Å². The first-order valence-corrected chi connectivity index (χ1v) is 13.7. The largest absolute Gasteiger partial charge is 0.356 e. The molecule has 4 bridgehead atoms. The van der Waals surface area contributed by atoms with Crippen molar-refractivity contribution in [3.63, 3.8) is 0 Å². The van der Waals surface area contributed by atoms with Crippen molar-refractivity contribution in [2.45, 2.75) is 69.7 Å². The summed E-state index contributed by atoms with van der Waals surface area (Å²) in [6.07, 6.45) is 10.9. The Morgan fingerprint density at radius 3 is 2.25 bits per heavy atom. The number of carbonyl (C=O) groups excluding carboxylic acids is 2. The van der Waals surface area contributed by atoms with Gasteiger partial charge in [0.25, 0.3) is 5.91 Å². The highest BCUT2D eigenvalue weighted by molar-refractivity contribution is 7.80. The van der Waals surface area contributed by atoms with E-state index in [1.165, 1.54) is 44.1 Å². The number of hydrogen-bond acceptors (Lipinski definition) is 3. The van der Waals surface area contributed by atoms with Gasteiger partial charge in [0, 0.05) is 23.2 Å². The summed E-state index contributed by atoms with van der Waals surface area (Å²) in [6.45, 7) is 0. The minimum Gasteiger partial charge on any atom is -0.356 e. The summed E-state index contributed by atoms with van der Waals surface area (Å²) < 4.78 is 0. The van der Waals surface area contributed by atoms with Gasteiger partial charge in [-0.1, -0.05) is 36.4 Å². The van der Waals surface area contributed by atoms with Crippen molar-refractivity contribution in [3.8, 4) is 0 Å². The molecule has 0 radical (unpaired) electrons. The van der Waals surface area contributed by atoms with Crippen molar-refractivity contribution in [2.24, 2.45) is 17.8 Å². The first-order valence-electron chi connectivity index (χ1n) is 13.3. The molecule has 0 unspecified atom stereocenters. The van der Waals surface area contributed by atoms with Crippen molar-refractivity contribution >= 4 is 34.8 Å². The Kier molecular flexibility index (Phi) is 7.56. The highest BCUT2D eigenvalue weighted by Gasteiger charge is 2.51. The van der Waals surface area contributed by atoms with E-state index >= 15 is 0 Å². The zero-order valence-corrected chi connectivity index (χ0v) is 21.5. The quantitative estimate of drug-likeness (QED) is 0.228. The number of amides is 2. The van der Waals surface area contributed by atoms with Crippen molar-refractivity contribution in [1.29, 1.82) is 0 Å². The van der Waals surface area contributed by atoms with Crippen LogP contribution in [0.3, 0.4) is 0 Å². The summed E-state index contributed by atoms with van der Waals surface area (Å²) in [4.78, 5) is 25.1. The highest BCUT2D eigenvalue weighted by Crippen LogP contribution is 2.55. The first-order chi connectivity index (χ1) is 17.5. The number of benzene rings is 2. The molecule has 4 aliphatic rings. The van der Waals surface area contributed by atoms with Crippen LogP contribution in [0.25, 0.3) is 0 Å². The number of carbonyl (C=O) groups is 2. The zero-order chi connectivity index (χ0) is 25.0. The molecule has 190 valence electrons. The van der Waals surface area contributed by atoms with Gasteiger partial charge < -0.3 is 10.6 Å². The van der Waals surface area contributed by atoms with E-state index < -0.39 is 0 Å². The molecule has 6 nitrogen and oxygen atoms in total. The van der Waals surface area contributed by atoms with Crippen molar-refractivity contribution < 1.29 is 9.59 Å². The third kappa shape index (κ3) is 6.25. The number of thiocarbonyl (C=S) groups is 1. The minimum absolute atomic E-state index is 0.0419. The lowest BCUT2D eigenvalue weighted by molar-refractivity contribution is -0.116. The van der Waals surface area contributed by atoms with Crippen molar-refractivity contribution in [1.82, 2.24) is 16.2 Å². The molecule has 4 saturated carbocycles. The summed E-state index contributed by atoms with van der Waals surface area (Å²) >= 11 is 5.53. The van der Waals surface area contributed by atoms with Gasteiger partial charge in [0.05, 0.1) is 0 Å². The van der Waals surface area contributed by atoms with Crippen LogP contribution in [0, 0.1) is 17.8 Å². The average molecular weight is 505 g/mol. The molecule has 0 aromatic heterocycles. The van der Waals surface area contributed by atoms with Gasteiger partial charge in [-0.2, -0.15) is 0 Å². The van der Waals surface area contributed by atoms with Crippen LogP contribution in [0.1, 0.15) is 73.7 Å². The predicted octanol–water partition coefficient (Wildman–Crippen LogP) is 5.12. The van der Waals surface area contributed by atoms with Crippen LogP contribution >= 0.6 is 12.2 Å². The SMILES string of the molecule is O=C(CCCCc1ccccc1)Nc1cccc(C(=O)NNC(=S)NC23CC4CC(CC(C4)C2)C3)c1. The Bertz CT molecular complexity index is 1070. The molecule has 7 heteroatoms. The maximum absolute atomic E-state index is 12.7. The summed E-state index contributed by atoms with van der Waals surface area (Å²) in [5.74, 6) is 2.14. The Labute approximate surface area is 219 Å². The Balaban J connectivity index is 1.05. The Morgan fingerprint density at radius 1 is 0.861 bits per heavy atom. The summed E-state index contributed by atoms with van der Waals surface area (Å²) in [5, 5.41) is 6.94. The first kappa shape index (κ1) is 24.8. The molecule has 6 rings (SSSR count). The van der Waals surface area contributed by atoms with Gasteiger partial charge >= 0.3 is 0 Å². The van der Waals surface area contributed by atoms with Gasteiger partial charge in [0.1, 0.15) is 0 Å². The second-order valence-electron chi connectivity index (χ2n) is 11.1. The fourth-order valence-electron chi connectivity index (χ4n) is 6.94. The summed E-state index contributed by atoms with van der Waals surface area (Å²) in [7, 11) is 0. The van der Waals surface area contributed by atoms with Gasteiger partial charge in [0.15, 0.2) is 5.11 Å². The average Bonchev–Trinajstić information content (AvgIpc) is 2.85. The smallest absolute Gasteiger partial charge is 0.269 e. The molecule has 4 aliphatic carbocycles. The predicted molar refractivity (Wildman–Crippen MR) is 146 cm³/mol. The second-order valence-corrected chi connectivity index (χ2v) is 11.5. The molecule has 0 saturated heterocycles. The van der Waals surface area contributed by atoms with Gasteiger partial charge in [-0.25, -0.2) is 0 Å². The molecule has 0 atom stereocenters. The molecule has 0 aliphatic heterocycles. The van der Waals surface area contributed by atoms with Gasteiger partial charge in [-0.05, 0) is 112 Å². The molecular formula is C29H36N4O2S. The number of anilines is 1. The Hall–Kier alpha value is -2.93. The zero-order valence-electron chi connectivity index (χ0n) is 20.7. The van der Waals surface area contributed by atoms with E-state index in [0.29, 0.717) is 22.8 Å². The summed E-state index contributed by atoms with van der Waals surface area (Å²) in [5.41, 5.74) is 8.07. The number of nitrogens with one attached hydrogen (secondary N) is 4. The number of rotatable bonds is 8. The van der Waals surface area contributed by atoms with Gasteiger partial charge in [-0.3, -0.25) is 20.4 Å². The minimum atomic E-state index is -0.288. The Morgan fingerprint density at radius 2 is 1.56 bits per heavy atom. The maximum atomic E-state index is 12.7. The van der Waals surface area contributed by atoms with E-state index in [4.69, 9.17) is 12.2 Å². The maximum Gasteiger partial charge on any atom is 0.269 e. The summed E-state index contributed by atoms with van der Waals surface area (Å²) in [6, 6.07) is 17.3. The van der Waals surface area contributed by atoms with E-state index in [2.05, 4.69) is 33.6 Å². The van der Waals surface area contributed by atoms with Crippen LogP contribution in [0.15, 0.2) is 54.6 Å². The molecule has 4 fully saturated rings. The van der Waals surface area contributed by atoms with Crippen molar-refractivity contribution in [2.75, 3.05) is 5.32 Å². The van der Waals surface area contributed by atoms with E-state index in [0.717, 1.165) is 37.0 Å². The van der Waals surface area contributed by atoms with E-state index in [1.807, 2.05) is 18.2 Å². The van der Waals surface area contributed by atoms with Crippen LogP contribution in [-0.4, -0.2) is 22.5 Å². The molecule has 2 aromatic carbocycles. The van der Waals surface area contributed by atoms with Gasteiger partial charge in [-0.15, -0.1) is 0 Å². The molecule has 0 spiro atoms. The third-order valence-corrected chi connectivity index (χ3v) is 8.28. The highest BCUT2D eigenvalue weighted by atomic mass is 32.1. The molecule has 36 heavy (non-hydrogen) atoms. The molecule has 2 amide bonds. The monoisotopic (exact) mass is 504 g/mol. The lowest BCUT2D eigenvalue weighted by Crippen LogP contribution is -2.62. The lowest BCUT2D eigenvalue weighted by Gasteiger charge is -2.57. The van der Waals surface area contributed by atoms with Crippen LogP contribution < -0.4 is 21.5 Å². The van der Waals surface area contributed by atoms with Crippen LogP contribution in [-0.2, 0) is 11.2 Å². The molecule has 0 heterocycles. The lowest BCUT2D eigenvalue weighted by atomic mass is 9.53. The van der Waals surface area contributed by atoms with Crippen LogP contribution in [0.2, 0.25) is 0 Å². The number of unbranched alkanes of at least 4 members (excludes halogenated alkanes) is 1. The van der Waals surface area contributed by atoms with Crippen LogP contribution in [0.4, 0.5) is 5.69 Å². The van der Waals surface area contributed by atoms with E-state index in [1.54, 1.807) is 24.3 Å². The number of hydrazine groups is 1. The molecule has 2 aromatic rings. The van der Waals surface area contributed by atoms with E-state index in [9.17, 15) is 9.59 Å². The fraction of sp³-hybridized carbons (Fsp3) is 0.483. The van der Waals surface area contributed by atoms with E-state index in [-0.39, 0.29) is 17.4 Å². The number of aryl methyl sites for hydroxylation is 1. The fourth-order valence-corrected chi connectivity index (χ4v) is 7.21. The topological polar surface area (TPSA) is 82.3 Å². The standard InChI is InChI=1S/C29H36N4O2S/c34-26(12-5-4-9-20-7-2-1-3-8-20)30-25-11-6-10-24(16-25)27(35)32-33-28(36)31-29-17-21-13-22(18-29)15-23(14-21)19-29/h1-3,6-8,10-11,16,21-23H,4-5,9,12-15,17-19H2,(H,30,34)(H,32,35)(H2,31,33,36). The second kappa shape index (κ2) is 11.0. The third-order valence-electron chi connectivity index (χ3n) is 8.08. The molecule has 4 N–H and O–H groups in total. The normalized spacial score (nSPS) is 25.7. The van der Waals surface area contributed by atoms with Crippen molar-refractivity contribution in [3.05, 3.63) is 65.7 Å². The number of hydrogen-bond donors (Lipinski definition) is 4.